The Morgan fingerprint density at radius 1 is 1.41 bits per heavy atom. The molecular formula is C20H27FN4O4. The van der Waals surface area contributed by atoms with Gasteiger partial charge in [-0.2, -0.15) is 5.26 Å². The number of ketones is 1. The summed E-state index contributed by atoms with van der Waals surface area (Å²) < 4.78 is 23.7. The number of rotatable bonds is 12. The Morgan fingerprint density at radius 3 is 2.76 bits per heavy atom. The number of benzene rings is 1. The third-order valence-electron chi connectivity index (χ3n) is 4.15. The zero-order valence-electron chi connectivity index (χ0n) is 16.9. The molecule has 0 radical (unpaired) electrons. The zero-order valence-corrected chi connectivity index (χ0v) is 16.9. The number of Topliss-reactive ketones (excluding diaryl/α,β-unsaturated/α-hetero) is 1. The van der Waals surface area contributed by atoms with Gasteiger partial charge < -0.3 is 20.5 Å². The van der Waals surface area contributed by atoms with Crippen LogP contribution in [0.5, 0.6) is 5.75 Å². The largest absolute Gasteiger partial charge is 0.486 e. The smallest absolute Gasteiger partial charge is 0.252 e. The number of hydrogen-bond donors (Lipinski definition) is 2. The van der Waals surface area contributed by atoms with Crippen LogP contribution in [0.15, 0.2) is 29.3 Å². The van der Waals surface area contributed by atoms with Gasteiger partial charge in [-0.15, -0.1) is 0 Å². The summed E-state index contributed by atoms with van der Waals surface area (Å²) in [5.41, 5.74) is 4.45. The minimum Gasteiger partial charge on any atom is -0.486 e. The van der Waals surface area contributed by atoms with Crippen molar-refractivity contribution in [1.29, 1.82) is 5.26 Å². The summed E-state index contributed by atoms with van der Waals surface area (Å²) in [5, 5.41) is 11.2. The number of amides is 1. The van der Waals surface area contributed by atoms with E-state index in [1.807, 2.05) is 6.07 Å². The lowest BCUT2D eigenvalue weighted by Crippen LogP contribution is -2.51. The van der Waals surface area contributed by atoms with Crippen LogP contribution in [0, 0.1) is 17.1 Å². The van der Waals surface area contributed by atoms with Crippen molar-refractivity contribution in [3.63, 3.8) is 0 Å². The van der Waals surface area contributed by atoms with Gasteiger partial charge in [0.1, 0.15) is 29.6 Å². The first kappa shape index (κ1) is 24.0. The first-order chi connectivity index (χ1) is 13.7. The number of amidine groups is 1. The van der Waals surface area contributed by atoms with Gasteiger partial charge in [-0.25, -0.2) is 4.39 Å². The highest BCUT2D eigenvalue weighted by molar-refractivity contribution is 5.92. The Balaban J connectivity index is 2.74. The van der Waals surface area contributed by atoms with Gasteiger partial charge in [0.05, 0.1) is 18.5 Å². The van der Waals surface area contributed by atoms with Crippen molar-refractivity contribution in [1.82, 2.24) is 5.32 Å². The summed E-state index contributed by atoms with van der Waals surface area (Å²) in [6.45, 7) is 3.15. The van der Waals surface area contributed by atoms with E-state index in [1.54, 1.807) is 13.8 Å². The van der Waals surface area contributed by atoms with Crippen molar-refractivity contribution >= 4 is 17.5 Å². The number of carbonyl (C=O) groups is 2. The lowest BCUT2D eigenvalue weighted by atomic mass is 10.0. The molecule has 1 atom stereocenters. The van der Waals surface area contributed by atoms with Crippen LogP contribution in [0.1, 0.15) is 33.1 Å². The molecule has 0 unspecified atom stereocenters. The molecule has 0 heterocycles. The maximum Gasteiger partial charge on any atom is 0.252 e. The summed E-state index contributed by atoms with van der Waals surface area (Å²) >= 11 is 0. The Hall–Kier alpha value is -2.99. The summed E-state index contributed by atoms with van der Waals surface area (Å²) in [4.78, 5) is 29.0. The van der Waals surface area contributed by atoms with Crippen molar-refractivity contribution in [2.45, 2.75) is 44.8 Å². The second-order valence-corrected chi connectivity index (χ2v) is 6.80. The molecule has 0 bridgehead atoms. The molecular weight excluding hydrogens is 379 g/mol. The second-order valence-electron chi connectivity index (χ2n) is 6.80. The molecule has 158 valence electrons. The van der Waals surface area contributed by atoms with Gasteiger partial charge in [0.15, 0.2) is 5.78 Å². The van der Waals surface area contributed by atoms with Gasteiger partial charge >= 0.3 is 0 Å². The van der Waals surface area contributed by atoms with Crippen molar-refractivity contribution in [3.8, 4) is 11.8 Å². The summed E-state index contributed by atoms with van der Waals surface area (Å²) in [5.74, 6) is -0.863. The van der Waals surface area contributed by atoms with Crippen molar-refractivity contribution in [2.75, 3.05) is 20.3 Å². The third kappa shape index (κ3) is 8.70. The number of nitrogens with two attached hydrogens (primary N) is 1. The van der Waals surface area contributed by atoms with Gasteiger partial charge in [0.25, 0.3) is 5.91 Å². The molecule has 8 nitrogen and oxygen atoms in total. The molecule has 0 fully saturated rings. The van der Waals surface area contributed by atoms with Gasteiger partial charge in [0.2, 0.25) is 0 Å². The minimum absolute atomic E-state index is 0.0304. The molecule has 1 aromatic rings. The number of carbonyl (C=O) groups excluding carboxylic acids is 2. The average molecular weight is 406 g/mol. The number of ether oxygens (including phenoxy) is 2. The molecule has 3 N–H and O–H groups in total. The first-order valence-electron chi connectivity index (χ1n) is 9.12. The molecule has 0 aliphatic carbocycles. The molecule has 0 saturated carbocycles. The maximum absolute atomic E-state index is 13.2. The molecule has 0 aliphatic heterocycles. The van der Waals surface area contributed by atoms with Gasteiger partial charge in [-0.05, 0) is 38.8 Å². The maximum atomic E-state index is 13.2. The predicted octanol–water partition coefficient (Wildman–Crippen LogP) is 1.73. The highest BCUT2D eigenvalue weighted by Crippen LogP contribution is 2.13. The fraction of sp³-hybridized carbons (Fsp3) is 0.500. The van der Waals surface area contributed by atoms with E-state index >= 15 is 0 Å². The third-order valence-corrected chi connectivity index (χ3v) is 4.15. The number of hydrogen-bond acceptors (Lipinski definition) is 6. The lowest BCUT2D eigenvalue weighted by molar-refractivity contribution is -0.142. The van der Waals surface area contributed by atoms with E-state index in [2.05, 4.69) is 10.3 Å². The molecule has 1 aromatic carbocycles. The van der Waals surface area contributed by atoms with Crippen molar-refractivity contribution in [2.24, 2.45) is 10.7 Å². The normalized spacial score (nSPS) is 12.7. The van der Waals surface area contributed by atoms with E-state index in [9.17, 15) is 14.0 Å². The van der Waals surface area contributed by atoms with Crippen LogP contribution in [0.4, 0.5) is 4.39 Å². The SMILES string of the molecule is COC(C)(C)C(=O)N[C@@H](CCCN=C(N)CC#N)C(=O)COc1cccc(F)c1. The fourth-order valence-corrected chi connectivity index (χ4v) is 2.21. The zero-order chi connectivity index (χ0) is 21.9. The Morgan fingerprint density at radius 2 is 2.14 bits per heavy atom. The van der Waals surface area contributed by atoms with E-state index in [4.69, 9.17) is 20.5 Å². The van der Waals surface area contributed by atoms with E-state index in [0.717, 1.165) is 0 Å². The summed E-state index contributed by atoms with van der Waals surface area (Å²) in [7, 11) is 1.40. The molecule has 1 amide bonds. The van der Waals surface area contributed by atoms with Gasteiger partial charge in [0, 0.05) is 19.7 Å². The van der Waals surface area contributed by atoms with Gasteiger partial charge in [-0.3, -0.25) is 14.6 Å². The average Bonchev–Trinajstić information content (AvgIpc) is 2.68. The molecule has 29 heavy (non-hydrogen) atoms. The van der Waals surface area contributed by atoms with Crippen LogP contribution < -0.4 is 15.8 Å². The van der Waals surface area contributed by atoms with E-state index in [-0.39, 0.29) is 30.4 Å². The van der Waals surface area contributed by atoms with Crippen molar-refractivity contribution < 1.29 is 23.5 Å². The van der Waals surface area contributed by atoms with Crippen LogP contribution in [0.25, 0.3) is 0 Å². The number of nitrogens with one attached hydrogen (secondary N) is 1. The van der Waals surface area contributed by atoms with Crippen molar-refractivity contribution in [3.05, 3.63) is 30.1 Å². The Labute approximate surface area is 169 Å². The monoisotopic (exact) mass is 406 g/mol. The predicted molar refractivity (Wildman–Crippen MR) is 106 cm³/mol. The molecule has 0 spiro atoms. The molecule has 9 heteroatoms. The number of methoxy groups -OCH3 is 1. The number of halogens is 1. The van der Waals surface area contributed by atoms with Crippen LogP contribution >= 0.6 is 0 Å². The number of nitrogens with zero attached hydrogens (tertiary/aromatic N) is 2. The number of nitriles is 1. The lowest BCUT2D eigenvalue weighted by Gasteiger charge is -2.25. The molecule has 0 aromatic heterocycles. The summed E-state index contributed by atoms with van der Waals surface area (Å²) in [6, 6.07) is 6.50. The topological polar surface area (TPSA) is 127 Å². The quantitative estimate of drug-likeness (QED) is 0.309. The van der Waals surface area contributed by atoms with E-state index in [1.165, 1.54) is 31.4 Å². The molecule has 0 aliphatic rings. The minimum atomic E-state index is -1.11. The van der Waals surface area contributed by atoms with Crippen LogP contribution in [0.3, 0.4) is 0 Å². The Bertz CT molecular complexity index is 774. The molecule has 0 saturated heterocycles. The highest BCUT2D eigenvalue weighted by atomic mass is 19.1. The number of aliphatic imine (C=N–C) groups is 1. The van der Waals surface area contributed by atoms with Crippen LogP contribution in [-0.2, 0) is 14.3 Å². The van der Waals surface area contributed by atoms with Crippen LogP contribution in [-0.4, -0.2) is 49.4 Å². The highest BCUT2D eigenvalue weighted by Gasteiger charge is 2.31. The van der Waals surface area contributed by atoms with E-state index < -0.39 is 23.4 Å². The second kappa shape index (κ2) is 11.8. The summed E-state index contributed by atoms with van der Waals surface area (Å²) in [6.07, 6.45) is 0.777. The van der Waals surface area contributed by atoms with Crippen LogP contribution in [0.2, 0.25) is 0 Å². The fourth-order valence-electron chi connectivity index (χ4n) is 2.21. The molecule has 1 rings (SSSR count). The van der Waals surface area contributed by atoms with Gasteiger partial charge in [-0.1, -0.05) is 6.07 Å². The first-order valence-corrected chi connectivity index (χ1v) is 9.12. The Kier molecular flexibility index (Phi) is 9.75. The van der Waals surface area contributed by atoms with E-state index in [0.29, 0.717) is 19.4 Å². The standard InChI is InChI=1S/C20H27FN4O4/c1-20(2,28-3)19(27)25-16(8-5-11-24-18(23)9-10-22)17(26)13-29-15-7-4-6-14(21)12-15/h4,6-7,12,16H,5,8-9,11,13H2,1-3H3,(H2,23,24)(H,25,27)/t16-/m0/s1.